The summed E-state index contributed by atoms with van der Waals surface area (Å²) in [5.74, 6) is -1.20. The minimum atomic E-state index is -1.61. The maximum absolute atomic E-state index is 13.4. The highest BCUT2D eigenvalue weighted by molar-refractivity contribution is 5.80. The standard InChI is InChI=1S/C62H113NO10/c1-4-7-10-13-16-19-22-25-26-27-28-29-32-34-37-40-43-46-49-55(66)61(70)63-53(54(65)48-45-42-39-36-33-30-23-20-17-14-11-8-5-2)52-71-62-60(59(69)58(68)56(51-64)72-62)73-57(67)50-47-44-41-38-35-31-24-21-18-15-12-9-6-3/h16,19,25-26,28-29,45,48,53-56,58-60,62,64-66,68-69H,4-15,17-18,20-24,27,30-44,46-47,49-52H2,1-3H3,(H,63,70)/b19-16-,26-25-,29-28-,48-45+. The molecule has 1 aliphatic heterocycles. The zero-order valence-corrected chi connectivity index (χ0v) is 47.0. The Kier molecular flexibility index (Phi) is 47.4. The largest absolute Gasteiger partial charge is 0.454 e. The molecule has 8 atom stereocenters. The van der Waals surface area contributed by atoms with Gasteiger partial charge in [0.25, 0.3) is 0 Å². The topological polar surface area (TPSA) is 175 Å². The van der Waals surface area contributed by atoms with Crippen molar-refractivity contribution >= 4 is 11.9 Å². The summed E-state index contributed by atoms with van der Waals surface area (Å²) in [6, 6.07) is -1.03. The molecule has 1 aliphatic rings. The molecule has 0 saturated carbocycles. The Balaban J connectivity index is 2.72. The van der Waals surface area contributed by atoms with Crippen LogP contribution in [-0.2, 0) is 23.8 Å². The van der Waals surface area contributed by atoms with Gasteiger partial charge in [-0.15, -0.1) is 0 Å². The molecule has 0 spiro atoms. The highest BCUT2D eigenvalue weighted by atomic mass is 16.7. The number of ether oxygens (including phenoxy) is 3. The van der Waals surface area contributed by atoms with E-state index in [4.69, 9.17) is 14.2 Å². The molecule has 73 heavy (non-hydrogen) atoms. The van der Waals surface area contributed by atoms with Crippen molar-refractivity contribution in [3.8, 4) is 0 Å². The highest BCUT2D eigenvalue weighted by Crippen LogP contribution is 2.26. The number of aliphatic hydroxyl groups is 5. The van der Waals surface area contributed by atoms with Crippen molar-refractivity contribution in [3.63, 3.8) is 0 Å². The number of amides is 1. The summed E-state index contributed by atoms with van der Waals surface area (Å²) in [6.45, 7) is 5.76. The number of aliphatic hydroxyl groups excluding tert-OH is 5. The third-order valence-corrected chi connectivity index (χ3v) is 14.2. The van der Waals surface area contributed by atoms with Crippen molar-refractivity contribution in [2.24, 2.45) is 0 Å². The SMILES string of the molecule is CCCCC/C=C\C/C=C\C/C=C\CCCCCCCC(O)C(=O)NC(COC1OC(CO)C(O)C(O)C1OC(=O)CCCCCCCCCCCCCCC)C(O)/C=C/CCCCCCCCCCCCC. The van der Waals surface area contributed by atoms with Crippen molar-refractivity contribution in [2.45, 2.75) is 320 Å². The number of carbonyl (C=O) groups excluding carboxylic acids is 2. The van der Waals surface area contributed by atoms with Crippen molar-refractivity contribution in [3.05, 3.63) is 48.6 Å². The van der Waals surface area contributed by atoms with Gasteiger partial charge in [0.05, 0.1) is 25.4 Å². The molecule has 1 heterocycles. The van der Waals surface area contributed by atoms with Crippen LogP contribution in [0.25, 0.3) is 0 Å². The summed E-state index contributed by atoms with van der Waals surface area (Å²) in [7, 11) is 0. The first-order valence-corrected chi connectivity index (χ1v) is 30.4. The van der Waals surface area contributed by atoms with E-state index in [-0.39, 0.29) is 19.4 Å². The second-order valence-electron chi connectivity index (χ2n) is 21.1. The zero-order chi connectivity index (χ0) is 53.3. The van der Waals surface area contributed by atoms with Gasteiger partial charge in [0.1, 0.15) is 24.4 Å². The van der Waals surface area contributed by atoms with E-state index in [1.165, 1.54) is 141 Å². The first kappa shape index (κ1) is 68.6. The quantitative estimate of drug-likeness (QED) is 0.0195. The van der Waals surface area contributed by atoms with Gasteiger partial charge in [0.2, 0.25) is 5.91 Å². The third-order valence-electron chi connectivity index (χ3n) is 14.2. The molecule has 0 aromatic heterocycles. The Hall–Kier alpha value is -2.38. The molecular formula is C62H113NO10. The van der Waals surface area contributed by atoms with Crippen molar-refractivity contribution in [2.75, 3.05) is 13.2 Å². The third kappa shape index (κ3) is 38.8. The average molecular weight is 1030 g/mol. The molecule has 1 rings (SSSR count). The van der Waals surface area contributed by atoms with E-state index in [9.17, 15) is 35.1 Å². The van der Waals surface area contributed by atoms with E-state index in [0.717, 1.165) is 83.5 Å². The van der Waals surface area contributed by atoms with Crippen molar-refractivity contribution in [1.82, 2.24) is 5.32 Å². The molecule has 11 nitrogen and oxygen atoms in total. The van der Waals surface area contributed by atoms with Crippen LogP contribution >= 0.6 is 0 Å². The predicted molar refractivity (Wildman–Crippen MR) is 301 cm³/mol. The molecule has 426 valence electrons. The van der Waals surface area contributed by atoms with E-state index in [2.05, 4.69) is 62.5 Å². The van der Waals surface area contributed by atoms with E-state index >= 15 is 0 Å². The number of allylic oxidation sites excluding steroid dienone is 7. The Labute approximate surface area is 446 Å². The minimum Gasteiger partial charge on any atom is -0.454 e. The Morgan fingerprint density at radius 2 is 0.945 bits per heavy atom. The van der Waals surface area contributed by atoms with Crippen molar-refractivity contribution in [1.29, 1.82) is 0 Å². The first-order valence-electron chi connectivity index (χ1n) is 30.4. The van der Waals surface area contributed by atoms with Gasteiger partial charge in [-0.05, 0) is 64.2 Å². The smallest absolute Gasteiger partial charge is 0.306 e. The number of hydrogen-bond acceptors (Lipinski definition) is 10. The number of rotatable bonds is 51. The summed E-state index contributed by atoms with van der Waals surface area (Å²) < 4.78 is 17.6. The van der Waals surface area contributed by atoms with Gasteiger partial charge in [-0.2, -0.15) is 0 Å². The molecular weight excluding hydrogens is 919 g/mol. The fraction of sp³-hybridized carbons (Fsp3) is 0.839. The van der Waals surface area contributed by atoms with Crippen LogP contribution in [0.15, 0.2) is 48.6 Å². The van der Waals surface area contributed by atoms with Crippen LogP contribution in [0.3, 0.4) is 0 Å². The predicted octanol–water partition coefficient (Wildman–Crippen LogP) is 14.1. The molecule has 0 radical (unpaired) electrons. The van der Waals surface area contributed by atoms with Crippen LogP contribution in [0.5, 0.6) is 0 Å². The molecule has 6 N–H and O–H groups in total. The first-order chi connectivity index (χ1) is 35.7. The number of hydrogen-bond donors (Lipinski definition) is 6. The summed E-state index contributed by atoms with van der Waals surface area (Å²) in [5, 5.41) is 56.9. The van der Waals surface area contributed by atoms with Crippen LogP contribution < -0.4 is 5.32 Å². The van der Waals surface area contributed by atoms with E-state index in [0.29, 0.717) is 12.8 Å². The van der Waals surface area contributed by atoms with Crippen LogP contribution in [0.4, 0.5) is 0 Å². The molecule has 1 amide bonds. The van der Waals surface area contributed by atoms with Gasteiger partial charge in [0, 0.05) is 6.42 Å². The molecule has 8 unspecified atom stereocenters. The maximum Gasteiger partial charge on any atom is 0.306 e. The summed E-state index contributed by atoms with van der Waals surface area (Å²) in [6.07, 6.45) is 50.0. The van der Waals surface area contributed by atoms with Crippen LogP contribution in [0.1, 0.15) is 271 Å². The lowest BCUT2D eigenvalue weighted by Crippen LogP contribution is -2.61. The summed E-state index contributed by atoms with van der Waals surface area (Å²) in [4.78, 5) is 26.5. The lowest BCUT2D eigenvalue weighted by Gasteiger charge is -2.41. The normalized spacial score (nSPS) is 19.7. The van der Waals surface area contributed by atoms with E-state index in [1.54, 1.807) is 6.08 Å². The van der Waals surface area contributed by atoms with Crippen LogP contribution in [0.2, 0.25) is 0 Å². The Morgan fingerprint density at radius 1 is 0.534 bits per heavy atom. The highest BCUT2D eigenvalue weighted by Gasteiger charge is 2.47. The molecule has 0 aliphatic carbocycles. The van der Waals surface area contributed by atoms with E-state index < -0.39 is 67.4 Å². The number of nitrogens with one attached hydrogen (secondary N) is 1. The Morgan fingerprint density at radius 3 is 1.44 bits per heavy atom. The number of unbranched alkanes of at least 4 members (excludes halogenated alkanes) is 31. The van der Waals surface area contributed by atoms with Gasteiger partial charge < -0.3 is 45.1 Å². The minimum absolute atomic E-state index is 0.125. The lowest BCUT2D eigenvalue weighted by molar-refractivity contribution is -0.305. The van der Waals surface area contributed by atoms with Crippen LogP contribution in [-0.4, -0.2) is 99.6 Å². The van der Waals surface area contributed by atoms with Gasteiger partial charge in [-0.25, -0.2) is 0 Å². The van der Waals surface area contributed by atoms with Gasteiger partial charge in [-0.1, -0.05) is 249 Å². The average Bonchev–Trinajstić information content (AvgIpc) is 3.39. The number of esters is 1. The monoisotopic (exact) mass is 1030 g/mol. The molecule has 0 bridgehead atoms. The maximum atomic E-state index is 13.4. The summed E-state index contributed by atoms with van der Waals surface area (Å²) in [5.41, 5.74) is 0. The zero-order valence-electron chi connectivity index (χ0n) is 47.0. The second-order valence-corrected chi connectivity index (χ2v) is 21.1. The van der Waals surface area contributed by atoms with Gasteiger partial charge >= 0.3 is 5.97 Å². The molecule has 1 fully saturated rings. The van der Waals surface area contributed by atoms with Crippen LogP contribution in [0, 0.1) is 0 Å². The van der Waals surface area contributed by atoms with Gasteiger partial charge in [-0.3, -0.25) is 9.59 Å². The molecule has 11 heteroatoms. The molecule has 1 saturated heterocycles. The van der Waals surface area contributed by atoms with E-state index in [1.807, 2.05) is 6.08 Å². The second kappa shape index (κ2) is 50.4. The molecule has 0 aromatic carbocycles. The van der Waals surface area contributed by atoms with Gasteiger partial charge in [0.15, 0.2) is 12.4 Å². The summed E-state index contributed by atoms with van der Waals surface area (Å²) >= 11 is 0. The molecule has 0 aromatic rings. The number of carbonyl (C=O) groups is 2. The lowest BCUT2D eigenvalue weighted by atomic mass is 9.99. The Bertz CT molecular complexity index is 1370. The fourth-order valence-corrected chi connectivity index (χ4v) is 9.36. The van der Waals surface area contributed by atoms with Crippen molar-refractivity contribution < 1.29 is 49.3 Å². The fourth-order valence-electron chi connectivity index (χ4n) is 9.36.